The number of piperazine rings is 1. The van der Waals surface area contributed by atoms with E-state index in [1.807, 2.05) is 0 Å². The van der Waals surface area contributed by atoms with E-state index in [1.54, 1.807) is 0 Å². The van der Waals surface area contributed by atoms with Crippen LogP contribution in [-0.2, 0) is 9.59 Å². The van der Waals surface area contributed by atoms with E-state index in [-0.39, 0.29) is 0 Å². The summed E-state index contributed by atoms with van der Waals surface area (Å²) in [5.41, 5.74) is 0. The van der Waals surface area contributed by atoms with Gasteiger partial charge in [0, 0.05) is 39.0 Å². The molecule has 0 saturated carbocycles. The Morgan fingerprint density at radius 3 is 0.806 bits per heavy atom. The molecule has 0 bridgehead atoms. The summed E-state index contributed by atoms with van der Waals surface area (Å²) in [6, 6.07) is 0. The lowest BCUT2D eigenvalue weighted by molar-refractivity contribution is -0.108. The Hall–Kier alpha value is -0.740. The Morgan fingerprint density at radius 2 is 0.556 bits per heavy atom. The van der Waals surface area contributed by atoms with Gasteiger partial charge in [0.1, 0.15) is 12.6 Å². The number of hydrogen-bond donors (Lipinski definition) is 0. The topological polar surface area (TPSA) is 40.6 Å². The summed E-state index contributed by atoms with van der Waals surface area (Å²) in [5, 5.41) is 0. The Labute approximate surface area is 225 Å². The summed E-state index contributed by atoms with van der Waals surface area (Å²) in [6.07, 6.45) is 33.3. The molecule has 0 spiro atoms. The van der Waals surface area contributed by atoms with Gasteiger partial charge in [-0.3, -0.25) is 0 Å². The van der Waals surface area contributed by atoms with Crippen molar-refractivity contribution in [2.24, 2.45) is 0 Å². The van der Waals surface area contributed by atoms with E-state index in [1.165, 1.54) is 168 Å². The summed E-state index contributed by atoms with van der Waals surface area (Å²) < 4.78 is 0. The van der Waals surface area contributed by atoms with Crippen LogP contribution in [0.3, 0.4) is 0 Å². The molecular weight excluding hydrogens is 444 g/mol. The maximum absolute atomic E-state index is 10.3. The number of rotatable bonds is 28. The predicted octanol–water partition coefficient (Wildman–Crippen LogP) is 8.36. The highest BCUT2D eigenvalue weighted by atomic mass is 16.1. The first-order valence-electron chi connectivity index (χ1n) is 16.2. The van der Waals surface area contributed by atoms with Gasteiger partial charge < -0.3 is 19.4 Å². The molecule has 0 amide bonds. The van der Waals surface area contributed by atoms with Gasteiger partial charge in [0.05, 0.1) is 0 Å². The van der Waals surface area contributed by atoms with Gasteiger partial charge in [-0.2, -0.15) is 0 Å². The zero-order chi connectivity index (χ0) is 25.8. The van der Waals surface area contributed by atoms with Crippen LogP contribution in [0.2, 0.25) is 0 Å². The molecule has 0 unspecified atom stereocenters. The standard InChI is InChI=1S/C32H62N2O2/c35-31-23-19-15-11-7-3-1-5-9-13-17-21-25-33-27-29-34(30-28-33)26-22-18-14-10-6-2-4-8-12-16-20-24-32-36/h31-32H,1-30H2. The van der Waals surface area contributed by atoms with Gasteiger partial charge in [-0.1, -0.05) is 116 Å². The average Bonchev–Trinajstić information content (AvgIpc) is 2.90. The van der Waals surface area contributed by atoms with E-state index in [9.17, 15) is 9.59 Å². The van der Waals surface area contributed by atoms with Crippen LogP contribution in [0.5, 0.6) is 0 Å². The van der Waals surface area contributed by atoms with E-state index < -0.39 is 0 Å². The van der Waals surface area contributed by atoms with Crippen molar-refractivity contribution in [3.8, 4) is 0 Å². The fourth-order valence-corrected chi connectivity index (χ4v) is 5.54. The Balaban J connectivity index is 1.76. The van der Waals surface area contributed by atoms with Crippen LogP contribution >= 0.6 is 0 Å². The summed E-state index contributed by atoms with van der Waals surface area (Å²) in [7, 11) is 0. The second-order valence-corrected chi connectivity index (χ2v) is 11.4. The van der Waals surface area contributed by atoms with E-state index in [4.69, 9.17) is 0 Å². The highest BCUT2D eigenvalue weighted by molar-refractivity contribution is 5.49. The summed E-state index contributed by atoms with van der Waals surface area (Å²) >= 11 is 0. The number of hydrogen-bond acceptors (Lipinski definition) is 4. The maximum atomic E-state index is 10.3. The molecule has 0 aromatic heterocycles. The van der Waals surface area contributed by atoms with Crippen molar-refractivity contribution in [2.45, 2.75) is 154 Å². The third-order valence-corrected chi connectivity index (χ3v) is 8.06. The van der Waals surface area contributed by atoms with E-state index >= 15 is 0 Å². The molecule has 1 aliphatic rings. The highest BCUT2D eigenvalue weighted by Crippen LogP contribution is 2.14. The minimum atomic E-state index is 0.754. The Kier molecular flexibility index (Phi) is 25.2. The quantitative estimate of drug-likeness (QED) is 0.0789. The first-order chi connectivity index (χ1) is 17.9. The average molecular weight is 507 g/mol. The molecule has 0 aliphatic carbocycles. The fourth-order valence-electron chi connectivity index (χ4n) is 5.54. The maximum Gasteiger partial charge on any atom is 0.119 e. The first-order valence-corrected chi connectivity index (χ1v) is 16.2. The Bertz CT molecular complexity index is 421. The minimum absolute atomic E-state index is 0.754. The molecule has 1 fully saturated rings. The normalized spacial score (nSPS) is 14.9. The molecule has 0 aromatic rings. The zero-order valence-corrected chi connectivity index (χ0v) is 24.1. The van der Waals surface area contributed by atoms with Gasteiger partial charge in [-0.15, -0.1) is 0 Å². The van der Waals surface area contributed by atoms with Crippen LogP contribution < -0.4 is 0 Å². The van der Waals surface area contributed by atoms with Crippen LogP contribution in [0, 0.1) is 0 Å². The van der Waals surface area contributed by atoms with E-state index in [2.05, 4.69) is 9.80 Å². The molecule has 0 N–H and O–H groups in total. The molecule has 36 heavy (non-hydrogen) atoms. The molecule has 1 heterocycles. The molecule has 4 nitrogen and oxygen atoms in total. The lowest BCUT2D eigenvalue weighted by Gasteiger charge is -2.34. The highest BCUT2D eigenvalue weighted by Gasteiger charge is 2.15. The minimum Gasteiger partial charge on any atom is -0.303 e. The van der Waals surface area contributed by atoms with Crippen LogP contribution in [0.1, 0.15) is 154 Å². The van der Waals surface area contributed by atoms with Crippen LogP contribution in [-0.4, -0.2) is 61.6 Å². The smallest absolute Gasteiger partial charge is 0.119 e. The van der Waals surface area contributed by atoms with E-state index in [0.29, 0.717) is 0 Å². The lowest BCUT2D eigenvalue weighted by atomic mass is 10.0. The molecule has 0 radical (unpaired) electrons. The van der Waals surface area contributed by atoms with Crippen molar-refractivity contribution >= 4 is 12.6 Å². The van der Waals surface area contributed by atoms with Gasteiger partial charge in [0.2, 0.25) is 0 Å². The summed E-state index contributed by atoms with van der Waals surface area (Å²) in [5.74, 6) is 0. The molecule has 1 aliphatic heterocycles. The third-order valence-electron chi connectivity index (χ3n) is 8.06. The van der Waals surface area contributed by atoms with Crippen molar-refractivity contribution in [3.63, 3.8) is 0 Å². The first kappa shape index (κ1) is 33.3. The lowest BCUT2D eigenvalue weighted by Crippen LogP contribution is -2.46. The number of nitrogens with zero attached hydrogens (tertiary/aromatic N) is 2. The third kappa shape index (κ3) is 22.5. The van der Waals surface area contributed by atoms with Crippen molar-refractivity contribution in [3.05, 3.63) is 0 Å². The summed E-state index contributed by atoms with van der Waals surface area (Å²) in [4.78, 5) is 26.0. The van der Waals surface area contributed by atoms with Crippen molar-refractivity contribution in [2.75, 3.05) is 39.3 Å². The van der Waals surface area contributed by atoms with Gasteiger partial charge in [0.25, 0.3) is 0 Å². The predicted molar refractivity (Wildman–Crippen MR) is 156 cm³/mol. The van der Waals surface area contributed by atoms with Gasteiger partial charge in [-0.25, -0.2) is 0 Å². The molecule has 1 rings (SSSR count). The van der Waals surface area contributed by atoms with Crippen LogP contribution in [0.4, 0.5) is 0 Å². The number of carbonyl (C=O) groups is 2. The van der Waals surface area contributed by atoms with E-state index in [0.717, 1.165) is 38.3 Å². The van der Waals surface area contributed by atoms with Crippen molar-refractivity contribution < 1.29 is 9.59 Å². The SMILES string of the molecule is O=CCCCCCCCCCCCCCN1CCN(CCCCCCCCCCCCCC=O)CC1. The number of unbranched alkanes of at least 4 members (excludes halogenated alkanes) is 22. The number of carbonyl (C=O) groups excluding carboxylic acids is 2. The molecule has 1 saturated heterocycles. The Morgan fingerprint density at radius 1 is 0.333 bits per heavy atom. The monoisotopic (exact) mass is 506 g/mol. The molecule has 4 heteroatoms. The number of aldehydes is 2. The second kappa shape index (κ2) is 27.3. The van der Waals surface area contributed by atoms with Crippen LogP contribution in [0.15, 0.2) is 0 Å². The van der Waals surface area contributed by atoms with Gasteiger partial charge >= 0.3 is 0 Å². The summed E-state index contributed by atoms with van der Waals surface area (Å²) in [6.45, 7) is 7.74. The molecule has 0 aromatic carbocycles. The molecule has 212 valence electrons. The second-order valence-electron chi connectivity index (χ2n) is 11.4. The van der Waals surface area contributed by atoms with Gasteiger partial charge in [0.15, 0.2) is 0 Å². The van der Waals surface area contributed by atoms with Gasteiger partial charge in [-0.05, 0) is 38.8 Å². The molecular formula is C32H62N2O2. The van der Waals surface area contributed by atoms with Crippen LogP contribution in [0.25, 0.3) is 0 Å². The van der Waals surface area contributed by atoms with Crippen molar-refractivity contribution in [1.82, 2.24) is 9.80 Å². The van der Waals surface area contributed by atoms with Crippen molar-refractivity contribution in [1.29, 1.82) is 0 Å². The zero-order valence-electron chi connectivity index (χ0n) is 24.1. The largest absolute Gasteiger partial charge is 0.303 e. The molecule has 0 atom stereocenters. The fraction of sp³-hybridized carbons (Fsp3) is 0.938.